The van der Waals surface area contributed by atoms with Crippen LogP contribution in [-0.4, -0.2) is 28.0 Å². The highest BCUT2D eigenvalue weighted by Gasteiger charge is 2.16. The number of hydrogen-bond acceptors (Lipinski definition) is 7. The number of fused-ring (bicyclic) bond motifs is 1. The molecule has 1 N–H and O–H groups in total. The van der Waals surface area contributed by atoms with E-state index in [0.717, 1.165) is 0 Å². The predicted octanol–water partition coefficient (Wildman–Crippen LogP) is 1.82. The molecule has 0 radical (unpaired) electrons. The molecular formula is C19H17NO7S. The van der Waals surface area contributed by atoms with Gasteiger partial charge in [0.05, 0.1) is 12.0 Å². The summed E-state index contributed by atoms with van der Waals surface area (Å²) >= 11 is 0. The lowest BCUT2D eigenvalue weighted by Crippen LogP contribution is -2.30. The van der Waals surface area contributed by atoms with E-state index in [1.807, 2.05) is 0 Å². The minimum atomic E-state index is -3.82. The van der Waals surface area contributed by atoms with Crippen molar-refractivity contribution in [3.8, 4) is 5.75 Å². The van der Waals surface area contributed by atoms with Gasteiger partial charge in [0.2, 0.25) is 10.0 Å². The van der Waals surface area contributed by atoms with Crippen LogP contribution in [0, 0.1) is 0 Å². The molecule has 0 aliphatic carbocycles. The molecule has 28 heavy (non-hydrogen) atoms. The van der Waals surface area contributed by atoms with Crippen molar-refractivity contribution >= 4 is 27.0 Å². The summed E-state index contributed by atoms with van der Waals surface area (Å²) in [6.45, 7) is -0.745. The first-order valence-electron chi connectivity index (χ1n) is 8.20. The van der Waals surface area contributed by atoms with Crippen molar-refractivity contribution in [1.82, 2.24) is 4.72 Å². The van der Waals surface area contributed by atoms with Gasteiger partial charge in [0, 0.05) is 23.1 Å². The number of carbonyl (C=O) groups is 1. The van der Waals surface area contributed by atoms with Gasteiger partial charge in [-0.25, -0.2) is 13.2 Å². The van der Waals surface area contributed by atoms with E-state index in [-0.39, 0.29) is 11.5 Å². The normalized spacial score (nSPS) is 11.3. The van der Waals surface area contributed by atoms with Crippen LogP contribution in [0.3, 0.4) is 0 Å². The van der Waals surface area contributed by atoms with Crippen LogP contribution in [0.15, 0.2) is 68.7 Å². The number of ether oxygens (including phenoxy) is 2. The van der Waals surface area contributed by atoms with Crippen molar-refractivity contribution in [2.24, 2.45) is 0 Å². The molecule has 0 spiro atoms. The lowest BCUT2D eigenvalue weighted by Gasteiger charge is -2.09. The molecule has 3 aromatic rings. The van der Waals surface area contributed by atoms with Gasteiger partial charge in [0.25, 0.3) is 0 Å². The number of nitrogens with one attached hydrogen (secondary N) is 1. The second-order valence-electron chi connectivity index (χ2n) is 5.75. The zero-order valence-electron chi connectivity index (χ0n) is 14.9. The Morgan fingerprint density at radius 1 is 1.11 bits per heavy atom. The van der Waals surface area contributed by atoms with Crippen molar-refractivity contribution in [2.45, 2.75) is 11.5 Å². The molecule has 0 fully saturated rings. The minimum Gasteiger partial charge on any atom is -0.497 e. The van der Waals surface area contributed by atoms with Gasteiger partial charge in [0.15, 0.2) is 0 Å². The molecule has 0 atom stereocenters. The maximum atomic E-state index is 12.1. The Balaban J connectivity index is 1.67. The molecule has 2 aromatic carbocycles. The zero-order valence-corrected chi connectivity index (χ0v) is 15.7. The average Bonchev–Trinajstić information content (AvgIpc) is 2.70. The first-order chi connectivity index (χ1) is 13.4. The fourth-order valence-corrected chi connectivity index (χ4v) is 3.49. The summed E-state index contributed by atoms with van der Waals surface area (Å²) in [4.78, 5) is 23.7. The Morgan fingerprint density at radius 2 is 1.86 bits per heavy atom. The van der Waals surface area contributed by atoms with Crippen LogP contribution in [0.4, 0.5) is 0 Å². The quantitative estimate of drug-likeness (QED) is 0.473. The lowest BCUT2D eigenvalue weighted by molar-refractivity contribution is -0.143. The van der Waals surface area contributed by atoms with Gasteiger partial charge in [-0.3, -0.25) is 4.79 Å². The summed E-state index contributed by atoms with van der Waals surface area (Å²) in [5.74, 6) is -0.269. The number of esters is 1. The smallest absolute Gasteiger partial charge is 0.336 e. The van der Waals surface area contributed by atoms with E-state index in [9.17, 15) is 18.0 Å². The van der Waals surface area contributed by atoms with Crippen LogP contribution in [-0.2, 0) is 26.2 Å². The van der Waals surface area contributed by atoms with Crippen molar-refractivity contribution in [3.63, 3.8) is 0 Å². The van der Waals surface area contributed by atoms with Crippen LogP contribution >= 0.6 is 0 Å². The number of methoxy groups -OCH3 is 1. The minimum absolute atomic E-state index is 0.0448. The molecule has 0 amide bonds. The molecule has 8 nitrogen and oxygen atoms in total. The number of rotatable bonds is 7. The van der Waals surface area contributed by atoms with E-state index in [0.29, 0.717) is 22.3 Å². The molecule has 0 bridgehead atoms. The van der Waals surface area contributed by atoms with E-state index in [4.69, 9.17) is 13.9 Å². The van der Waals surface area contributed by atoms with Crippen molar-refractivity contribution in [3.05, 3.63) is 70.6 Å². The zero-order chi connectivity index (χ0) is 20.1. The van der Waals surface area contributed by atoms with Crippen LogP contribution in [0.2, 0.25) is 0 Å². The SMILES string of the molecule is COc1ccc2c(COC(=O)CNS(=O)(=O)c3ccccc3)cc(=O)oc2c1. The first-order valence-corrected chi connectivity index (χ1v) is 9.68. The van der Waals surface area contributed by atoms with Crippen LogP contribution < -0.4 is 15.1 Å². The highest BCUT2D eigenvalue weighted by atomic mass is 32.2. The van der Waals surface area contributed by atoms with Gasteiger partial charge in [-0.1, -0.05) is 18.2 Å². The van der Waals surface area contributed by atoms with Crippen molar-refractivity contribution in [1.29, 1.82) is 0 Å². The predicted molar refractivity (Wildman–Crippen MR) is 100 cm³/mol. The highest BCUT2D eigenvalue weighted by molar-refractivity contribution is 7.89. The summed E-state index contributed by atoms with van der Waals surface area (Å²) in [5, 5.41) is 0.582. The summed E-state index contributed by atoms with van der Waals surface area (Å²) < 4.78 is 41.7. The molecule has 0 unspecified atom stereocenters. The van der Waals surface area contributed by atoms with E-state index in [1.165, 1.54) is 25.3 Å². The fourth-order valence-electron chi connectivity index (χ4n) is 2.50. The average molecular weight is 403 g/mol. The Morgan fingerprint density at radius 3 is 2.57 bits per heavy atom. The first kappa shape index (κ1) is 19.6. The van der Waals surface area contributed by atoms with Crippen molar-refractivity contribution in [2.75, 3.05) is 13.7 Å². The monoisotopic (exact) mass is 403 g/mol. The molecular weight excluding hydrogens is 386 g/mol. The number of sulfonamides is 1. The standard InChI is InChI=1S/C19H17NO7S/c1-25-14-7-8-16-13(9-18(21)27-17(16)10-14)12-26-19(22)11-20-28(23,24)15-5-3-2-4-6-15/h2-10,20H,11-12H2,1H3. The molecule has 9 heteroatoms. The van der Waals surface area contributed by atoms with E-state index in [2.05, 4.69) is 4.72 Å². The molecule has 0 saturated carbocycles. The second-order valence-corrected chi connectivity index (χ2v) is 7.52. The molecule has 0 saturated heterocycles. The second kappa shape index (κ2) is 8.24. The topological polar surface area (TPSA) is 112 Å². The maximum Gasteiger partial charge on any atom is 0.336 e. The summed E-state index contributed by atoms with van der Waals surface area (Å²) in [6, 6.07) is 13.8. The highest BCUT2D eigenvalue weighted by Crippen LogP contribution is 2.23. The third-order valence-corrected chi connectivity index (χ3v) is 5.30. The molecule has 146 valence electrons. The fraction of sp³-hybridized carbons (Fsp3) is 0.158. The number of carbonyl (C=O) groups excluding carboxylic acids is 1. The Bertz CT molecular complexity index is 1150. The largest absolute Gasteiger partial charge is 0.497 e. The molecule has 1 aromatic heterocycles. The summed E-state index contributed by atoms with van der Waals surface area (Å²) in [6.07, 6.45) is 0. The van der Waals surface area contributed by atoms with Crippen LogP contribution in [0.1, 0.15) is 5.56 Å². The Labute approximate surface area is 160 Å². The molecule has 0 aliphatic rings. The van der Waals surface area contributed by atoms with Crippen LogP contribution in [0.5, 0.6) is 5.75 Å². The van der Waals surface area contributed by atoms with Gasteiger partial charge in [-0.2, -0.15) is 4.72 Å². The van der Waals surface area contributed by atoms with E-state index >= 15 is 0 Å². The number of hydrogen-bond donors (Lipinski definition) is 1. The van der Waals surface area contributed by atoms with Gasteiger partial charge in [-0.05, 0) is 24.3 Å². The van der Waals surface area contributed by atoms with Gasteiger partial charge in [0.1, 0.15) is 24.5 Å². The summed E-state index contributed by atoms with van der Waals surface area (Å²) in [7, 11) is -2.33. The third-order valence-electron chi connectivity index (χ3n) is 3.89. The van der Waals surface area contributed by atoms with E-state index < -0.39 is 28.2 Å². The van der Waals surface area contributed by atoms with Gasteiger partial charge >= 0.3 is 11.6 Å². The summed E-state index contributed by atoms with van der Waals surface area (Å²) in [5.41, 5.74) is 0.132. The Kier molecular flexibility index (Phi) is 5.76. The lowest BCUT2D eigenvalue weighted by atomic mass is 10.1. The van der Waals surface area contributed by atoms with Crippen molar-refractivity contribution < 1.29 is 27.1 Å². The molecule has 3 rings (SSSR count). The van der Waals surface area contributed by atoms with E-state index in [1.54, 1.807) is 36.4 Å². The van der Waals surface area contributed by atoms with Gasteiger partial charge < -0.3 is 13.9 Å². The third kappa shape index (κ3) is 4.56. The molecule has 0 aliphatic heterocycles. The number of benzene rings is 2. The Hall–Kier alpha value is -3.17. The molecule has 1 heterocycles. The maximum absolute atomic E-state index is 12.1. The van der Waals surface area contributed by atoms with Gasteiger partial charge in [-0.15, -0.1) is 0 Å². The van der Waals surface area contributed by atoms with Crippen LogP contribution in [0.25, 0.3) is 11.0 Å².